The van der Waals surface area contributed by atoms with Crippen LogP contribution in [0.2, 0.25) is 0 Å². The Morgan fingerprint density at radius 2 is 2.13 bits per heavy atom. The van der Waals surface area contributed by atoms with E-state index in [0.717, 1.165) is 5.56 Å². The Balaban J connectivity index is 2.88. The number of alkyl halides is 2. The molecule has 2 nitrogen and oxygen atoms in total. The summed E-state index contributed by atoms with van der Waals surface area (Å²) < 4.78 is 26.6. The molecule has 1 aromatic rings. The standard InChI is InChI=1S/C11H15F2NO/c1-8-4-3-5-9(6-8)10(15)11(12,13)7-14-2/h3-6,10,14-15H,7H2,1-2H3. The summed E-state index contributed by atoms with van der Waals surface area (Å²) in [5, 5.41) is 11.9. The summed E-state index contributed by atoms with van der Waals surface area (Å²) in [5.41, 5.74) is 1.10. The van der Waals surface area contributed by atoms with Crippen LogP contribution in [-0.2, 0) is 0 Å². The Hall–Kier alpha value is -1.00. The van der Waals surface area contributed by atoms with Crippen molar-refractivity contribution in [1.82, 2.24) is 5.32 Å². The molecular formula is C11H15F2NO. The molecule has 1 unspecified atom stereocenters. The quantitative estimate of drug-likeness (QED) is 0.803. The molecule has 0 spiro atoms. The summed E-state index contributed by atoms with van der Waals surface area (Å²) in [6, 6.07) is 6.52. The van der Waals surface area contributed by atoms with Crippen molar-refractivity contribution in [2.75, 3.05) is 13.6 Å². The zero-order valence-corrected chi connectivity index (χ0v) is 8.80. The molecule has 84 valence electrons. The van der Waals surface area contributed by atoms with Crippen LogP contribution in [0.5, 0.6) is 0 Å². The Labute approximate surface area is 87.9 Å². The molecule has 0 amide bonds. The van der Waals surface area contributed by atoms with Gasteiger partial charge in [-0.2, -0.15) is 0 Å². The molecule has 0 aromatic heterocycles. The van der Waals surface area contributed by atoms with Gasteiger partial charge in [0, 0.05) is 0 Å². The maximum absolute atomic E-state index is 13.3. The second-order valence-electron chi connectivity index (χ2n) is 3.61. The van der Waals surface area contributed by atoms with Crippen LogP contribution in [0.15, 0.2) is 24.3 Å². The predicted octanol–water partition coefficient (Wildman–Crippen LogP) is 1.88. The van der Waals surface area contributed by atoms with Gasteiger partial charge in [0.25, 0.3) is 5.92 Å². The summed E-state index contributed by atoms with van der Waals surface area (Å²) in [6.07, 6.45) is -1.76. The lowest BCUT2D eigenvalue weighted by molar-refractivity contribution is -0.107. The maximum Gasteiger partial charge on any atom is 0.289 e. The van der Waals surface area contributed by atoms with Crippen LogP contribution in [0.3, 0.4) is 0 Å². The Morgan fingerprint density at radius 3 is 2.67 bits per heavy atom. The number of aryl methyl sites for hydroxylation is 1. The predicted molar refractivity (Wildman–Crippen MR) is 55.0 cm³/mol. The van der Waals surface area contributed by atoms with E-state index in [0.29, 0.717) is 0 Å². The zero-order chi connectivity index (χ0) is 11.5. The summed E-state index contributed by atoms with van der Waals surface area (Å²) >= 11 is 0. The monoisotopic (exact) mass is 215 g/mol. The number of nitrogens with one attached hydrogen (secondary N) is 1. The number of halogens is 2. The molecule has 0 radical (unpaired) electrons. The van der Waals surface area contributed by atoms with Crippen molar-refractivity contribution in [1.29, 1.82) is 0 Å². The molecular weight excluding hydrogens is 200 g/mol. The SMILES string of the molecule is CNCC(F)(F)C(O)c1cccc(C)c1. The van der Waals surface area contributed by atoms with Crippen molar-refractivity contribution >= 4 is 0 Å². The first-order valence-electron chi connectivity index (χ1n) is 4.74. The molecule has 0 aliphatic rings. The van der Waals surface area contributed by atoms with Crippen molar-refractivity contribution in [2.45, 2.75) is 19.0 Å². The van der Waals surface area contributed by atoms with Gasteiger partial charge in [0.2, 0.25) is 0 Å². The van der Waals surface area contributed by atoms with Gasteiger partial charge in [-0.15, -0.1) is 0 Å². The third kappa shape index (κ3) is 2.97. The molecule has 4 heteroatoms. The van der Waals surface area contributed by atoms with Crippen LogP contribution in [0.4, 0.5) is 8.78 Å². The van der Waals surface area contributed by atoms with Gasteiger partial charge in [-0.3, -0.25) is 0 Å². The molecule has 0 saturated heterocycles. The normalized spacial score (nSPS) is 13.9. The number of rotatable bonds is 4. The van der Waals surface area contributed by atoms with Crippen LogP contribution in [0.1, 0.15) is 17.2 Å². The summed E-state index contributed by atoms with van der Waals surface area (Å²) in [4.78, 5) is 0. The summed E-state index contributed by atoms with van der Waals surface area (Å²) in [7, 11) is 1.43. The second-order valence-corrected chi connectivity index (χ2v) is 3.61. The van der Waals surface area contributed by atoms with E-state index in [-0.39, 0.29) is 5.56 Å². The fourth-order valence-corrected chi connectivity index (χ4v) is 1.42. The van der Waals surface area contributed by atoms with Gasteiger partial charge >= 0.3 is 0 Å². The summed E-state index contributed by atoms with van der Waals surface area (Å²) in [6.45, 7) is 1.26. The van der Waals surface area contributed by atoms with Gasteiger partial charge in [0.1, 0.15) is 6.10 Å². The number of hydrogen-bond acceptors (Lipinski definition) is 2. The molecule has 0 heterocycles. The van der Waals surface area contributed by atoms with Gasteiger partial charge in [-0.25, -0.2) is 8.78 Å². The van der Waals surface area contributed by atoms with Crippen LogP contribution in [-0.4, -0.2) is 24.6 Å². The topological polar surface area (TPSA) is 32.3 Å². The van der Waals surface area contributed by atoms with Crippen LogP contribution >= 0.6 is 0 Å². The van der Waals surface area contributed by atoms with Gasteiger partial charge in [-0.05, 0) is 19.5 Å². The minimum absolute atomic E-state index is 0.246. The number of hydrogen-bond donors (Lipinski definition) is 2. The molecule has 0 fully saturated rings. The lowest BCUT2D eigenvalue weighted by atomic mass is 10.0. The van der Waals surface area contributed by atoms with E-state index in [1.54, 1.807) is 25.1 Å². The average Bonchev–Trinajstić information content (AvgIpc) is 2.16. The zero-order valence-electron chi connectivity index (χ0n) is 8.80. The van der Waals surface area contributed by atoms with Crippen molar-refractivity contribution < 1.29 is 13.9 Å². The Kier molecular flexibility index (Phi) is 3.77. The van der Waals surface area contributed by atoms with E-state index in [2.05, 4.69) is 5.32 Å². The molecule has 0 saturated carbocycles. The Bertz CT molecular complexity index is 328. The highest BCUT2D eigenvalue weighted by Gasteiger charge is 2.38. The molecule has 1 aromatic carbocycles. The summed E-state index contributed by atoms with van der Waals surface area (Å²) in [5.74, 6) is -3.15. The van der Waals surface area contributed by atoms with E-state index < -0.39 is 18.6 Å². The third-order valence-electron chi connectivity index (χ3n) is 2.17. The van der Waals surface area contributed by atoms with E-state index in [4.69, 9.17) is 0 Å². The van der Waals surface area contributed by atoms with Gasteiger partial charge in [0.05, 0.1) is 6.54 Å². The van der Waals surface area contributed by atoms with Crippen molar-refractivity contribution in [3.63, 3.8) is 0 Å². The first-order valence-corrected chi connectivity index (χ1v) is 4.74. The molecule has 1 rings (SSSR count). The first-order chi connectivity index (χ1) is 6.97. The second kappa shape index (κ2) is 4.68. The molecule has 0 bridgehead atoms. The lowest BCUT2D eigenvalue weighted by Gasteiger charge is -2.22. The highest BCUT2D eigenvalue weighted by atomic mass is 19.3. The minimum atomic E-state index is -3.15. The van der Waals surface area contributed by atoms with Crippen molar-refractivity contribution in [3.8, 4) is 0 Å². The van der Waals surface area contributed by atoms with Crippen LogP contribution in [0.25, 0.3) is 0 Å². The molecule has 15 heavy (non-hydrogen) atoms. The van der Waals surface area contributed by atoms with Gasteiger partial charge < -0.3 is 10.4 Å². The van der Waals surface area contributed by atoms with E-state index in [1.807, 2.05) is 0 Å². The molecule has 2 N–H and O–H groups in total. The average molecular weight is 215 g/mol. The first kappa shape index (κ1) is 12.1. The van der Waals surface area contributed by atoms with Gasteiger partial charge in [0.15, 0.2) is 0 Å². The van der Waals surface area contributed by atoms with E-state index in [9.17, 15) is 13.9 Å². The number of aliphatic hydroxyl groups excluding tert-OH is 1. The molecule has 1 atom stereocenters. The van der Waals surface area contributed by atoms with E-state index in [1.165, 1.54) is 13.1 Å². The van der Waals surface area contributed by atoms with Gasteiger partial charge in [-0.1, -0.05) is 29.8 Å². The fraction of sp³-hybridized carbons (Fsp3) is 0.455. The molecule has 0 aliphatic heterocycles. The van der Waals surface area contributed by atoms with Crippen molar-refractivity contribution in [3.05, 3.63) is 35.4 Å². The Morgan fingerprint density at radius 1 is 1.47 bits per heavy atom. The van der Waals surface area contributed by atoms with Crippen molar-refractivity contribution in [2.24, 2.45) is 0 Å². The fourth-order valence-electron chi connectivity index (χ4n) is 1.42. The van der Waals surface area contributed by atoms with E-state index >= 15 is 0 Å². The number of benzene rings is 1. The van der Waals surface area contributed by atoms with Crippen LogP contribution in [0, 0.1) is 6.92 Å². The lowest BCUT2D eigenvalue weighted by Crippen LogP contribution is -2.36. The highest BCUT2D eigenvalue weighted by Crippen LogP contribution is 2.30. The number of aliphatic hydroxyl groups is 1. The smallest absolute Gasteiger partial charge is 0.289 e. The third-order valence-corrected chi connectivity index (χ3v) is 2.17. The largest absolute Gasteiger partial charge is 0.382 e. The maximum atomic E-state index is 13.3. The van der Waals surface area contributed by atoms with Crippen LogP contribution < -0.4 is 5.32 Å². The minimum Gasteiger partial charge on any atom is -0.382 e. The highest BCUT2D eigenvalue weighted by molar-refractivity contribution is 5.25. The molecule has 0 aliphatic carbocycles.